The van der Waals surface area contributed by atoms with E-state index in [-0.39, 0.29) is 11.4 Å². The van der Waals surface area contributed by atoms with Crippen LogP contribution >= 0.6 is 0 Å². The highest BCUT2D eigenvalue weighted by molar-refractivity contribution is 5.76. The lowest BCUT2D eigenvalue weighted by Crippen LogP contribution is -2.38. The van der Waals surface area contributed by atoms with Crippen LogP contribution in [-0.4, -0.2) is 24.5 Å². The van der Waals surface area contributed by atoms with E-state index < -0.39 is 0 Å². The molecule has 4 heteroatoms. The zero-order valence-electron chi connectivity index (χ0n) is 10.9. The Bertz CT molecular complexity index is 326. The minimum Gasteiger partial charge on any atom is -0.469 e. The Kier molecular flexibility index (Phi) is 5.22. The van der Waals surface area contributed by atoms with E-state index in [4.69, 9.17) is 4.42 Å². The molecule has 0 aliphatic rings. The van der Waals surface area contributed by atoms with Crippen molar-refractivity contribution in [1.29, 1.82) is 0 Å². The number of furan rings is 1. The van der Waals surface area contributed by atoms with Crippen LogP contribution in [0.25, 0.3) is 0 Å². The first-order valence-corrected chi connectivity index (χ1v) is 6.01. The summed E-state index contributed by atoms with van der Waals surface area (Å²) >= 11 is 0. The van der Waals surface area contributed by atoms with Crippen LogP contribution in [0.15, 0.2) is 22.8 Å². The van der Waals surface area contributed by atoms with Gasteiger partial charge in [0.25, 0.3) is 0 Å². The van der Waals surface area contributed by atoms with Gasteiger partial charge < -0.3 is 15.1 Å². The topological polar surface area (TPSA) is 54.3 Å². The molecule has 1 amide bonds. The molecule has 0 aliphatic carbocycles. The van der Waals surface area contributed by atoms with Gasteiger partial charge in [-0.1, -0.05) is 0 Å². The summed E-state index contributed by atoms with van der Waals surface area (Å²) in [6.45, 7) is 7.59. The summed E-state index contributed by atoms with van der Waals surface area (Å²) in [4.78, 5) is 11.5. The average molecular weight is 238 g/mol. The van der Waals surface area contributed by atoms with Gasteiger partial charge in [-0.25, -0.2) is 0 Å². The van der Waals surface area contributed by atoms with E-state index in [0.717, 1.165) is 12.2 Å². The van der Waals surface area contributed by atoms with Gasteiger partial charge in [-0.15, -0.1) is 0 Å². The predicted octanol–water partition coefficient (Wildman–Crippen LogP) is 1.72. The van der Waals surface area contributed by atoms with Crippen molar-refractivity contribution in [2.45, 2.75) is 39.2 Å². The van der Waals surface area contributed by atoms with E-state index in [9.17, 15) is 4.79 Å². The summed E-state index contributed by atoms with van der Waals surface area (Å²) < 4.78 is 5.18. The van der Waals surface area contributed by atoms with E-state index in [1.54, 1.807) is 6.26 Å². The van der Waals surface area contributed by atoms with Crippen molar-refractivity contribution in [1.82, 2.24) is 10.6 Å². The zero-order valence-corrected chi connectivity index (χ0v) is 10.9. The van der Waals surface area contributed by atoms with Gasteiger partial charge in [-0.05, 0) is 32.9 Å². The summed E-state index contributed by atoms with van der Waals surface area (Å²) in [6, 6.07) is 3.76. The standard InChI is InChI=1S/C13H22N2O2/c1-13(2,3)15-9-7-12(16)14-8-6-11-5-4-10-17-11/h4-5,10,15H,6-9H2,1-3H3,(H,14,16). The molecule has 0 spiro atoms. The Labute approximate surface area is 103 Å². The van der Waals surface area contributed by atoms with Crippen molar-refractivity contribution < 1.29 is 9.21 Å². The lowest BCUT2D eigenvalue weighted by molar-refractivity contribution is -0.121. The second-order valence-corrected chi connectivity index (χ2v) is 5.11. The number of rotatable bonds is 6. The van der Waals surface area contributed by atoms with Crippen LogP contribution in [0, 0.1) is 0 Å². The van der Waals surface area contributed by atoms with Crippen LogP contribution in [0.5, 0.6) is 0 Å². The third kappa shape index (κ3) is 6.79. The van der Waals surface area contributed by atoms with Gasteiger partial charge in [-0.3, -0.25) is 4.79 Å². The molecule has 1 aromatic rings. The first kappa shape index (κ1) is 13.8. The summed E-state index contributed by atoms with van der Waals surface area (Å²) in [7, 11) is 0. The van der Waals surface area contributed by atoms with Crippen LogP contribution in [0.1, 0.15) is 33.0 Å². The van der Waals surface area contributed by atoms with E-state index in [2.05, 4.69) is 31.4 Å². The summed E-state index contributed by atoms with van der Waals surface area (Å²) in [5.41, 5.74) is 0.0639. The van der Waals surface area contributed by atoms with Crippen LogP contribution < -0.4 is 10.6 Å². The monoisotopic (exact) mass is 238 g/mol. The maximum atomic E-state index is 11.5. The zero-order chi connectivity index (χ0) is 12.7. The Hall–Kier alpha value is -1.29. The molecule has 1 aromatic heterocycles. The Morgan fingerprint density at radius 2 is 2.12 bits per heavy atom. The fraction of sp³-hybridized carbons (Fsp3) is 0.615. The smallest absolute Gasteiger partial charge is 0.221 e. The molecule has 0 unspecified atom stereocenters. The van der Waals surface area contributed by atoms with E-state index in [1.165, 1.54) is 0 Å². The average Bonchev–Trinajstić information content (AvgIpc) is 2.68. The van der Waals surface area contributed by atoms with Gasteiger partial charge in [0.2, 0.25) is 5.91 Å². The lowest BCUT2D eigenvalue weighted by Gasteiger charge is -2.20. The Morgan fingerprint density at radius 1 is 1.35 bits per heavy atom. The van der Waals surface area contributed by atoms with Gasteiger partial charge in [0.15, 0.2) is 0 Å². The number of nitrogens with one attached hydrogen (secondary N) is 2. The molecule has 0 atom stereocenters. The minimum absolute atomic E-state index is 0.0639. The highest BCUT2D eigenvalue weighted by Crippen LogP contribution is 2.00. The van der Waals surface area contributed by atoms with Gasteiger partial charge in [-0.2, -0.15) is 0 Å². The highest BCUT2D eigenvalue weighted by Gasteiger charge is 2.09. The number of hydrogen-bond acceptors (Lipinski definition) is 3. The maximum Gasteiger partial charge on any atom is 0.221 e. The third-order valence-electron chi connectivity index (χ3n) is 2.28. The van der Waals surface area contributed by atoms with Crippen LogP contribution in [0.3, 0.4) is 0 Å². The van der Waals surface area contributed by atoms with Gasteiger partial charge in [0.1, 0.15) is 5.76 Å². The summed E-state index contributed by atoms with van der Waals surface area (Å²) in [5.74, 6) is 0.978. The van der Waals surface area contributed by atoms with E-state index in [0.29, 0.717) is 19.5 Å². The van der Waals surface area contributed by atoms with Crippen molar-refractivity contribution in [2.75, 3.05) is 13.1 Å². The molecule has 1 heterocycles. The van der Waals surface area contributed by atoms with Crippen molar-refractivity contribution >= 4 is 5.91 Å². The fourth-order valence-corrected chi connectivity index (χ4v) is 1.42. The quantitative estimate of drug-likeness (QED) is 0.793. The molecule has 1 rings (SSSR count). The molecule has 96 valence electrons. The minimum atomic E-state index is 0.0639. The highest BCUT2D eigenvalue weighted by atomic mass is 16.3. The molecule has 0 aliphatic heterocycles. The Morgan fingerprint density at radius 3 is 2.71 bits per heavy atom. The largest absolute Gasteiger partial charge is 0.469 e. The number of carbonyl (C=O) groups excluding carboxylic acids is 1. The molecule has 0 bridgehead atoms. The predicted molar refractivity (Wildman–Crippen MR) is 67.8 cm³/mol. The first-order chi connectivity index (χ1) is 7.97. The molecule has 0 saturated carbocycles. The van der Waals surface area contributed by atoms with Crippen LogP contribution in [0.4, 0.5) is 0 Å². The van der Waals surface area contributed by atoms with E-state index >= 15 is 0 Å². The molecular weight excluding hydrogens is 216 g/mol. The summed E-state index contributed by atoms with van der Waals surface area (Å²) in [6.07, 6.45) is 2.89. The molecular formula is C13H22N2O2. The Balaban J connectivity index is 2.05. The molecule has 0 radical (unpaired) electrons. The maximum absolute atomic E-state index is 11.5. The molecule has 0 fully saturated rings. The van der Waals surface area contributed by atoms with Crippen molar-refractivity contribution in [2.24, 2.45) is 0 Å². The van der Waals surface area contributed by atoms with Crippen molar-refractivity contribution in [3.63, 3.8) is 0 Å². The van der Waals surface area contributed by atoms with Gasteiger partial charge >= 0.3 is 0 Å². The second kappa shape index (κ2) is 6.45. The van der Waals surface area contributed by atoms with Crippen molar-refractivity contribution in [3.8, 4) is 0 Å². The number of hydrogen-bond donors (Lipinski definition) is 2. The third-order valence-corrected chi connectivity index (χ3v) is 2.28. The number of carbonyl (C=O) groups is 1. The van der Waals surface area contributed by atoms with Crippen molar-refractivity contribution in [3.05, 3.63) is 24.2 Å². The SMILES string of the molecule is CC(C)(C)NCCC(=O)NCCc1ccco1. The second-order valence-electron chi connectivity index (χ2n) is 5.11. The molecule has 17 heavy (non-hydrogen) atoms. The van der Waals surface area contributed by atoms with E-state index in [1.807, 2.05) is 12.1 Å². The van der Waals surface area contributed by atoms with Crippen LogP contribution in [0.2, 0.25) is 0 Å². The van der Waals surface area contributed by atoms with Crippen LogP contribution in [-0.2, 0) is 11.2 Å². The lowest BCUT2D eigenvalue weighted by atomic mass is 10.1. The molecule has 2 N–H and O–H groups in total. The summed E-state index contributed by atoms with van der Waals surface area (Å²) in [5, 5.41) is 6.15. The fourth-order valence-electron chi connectivity index (χ4n) is 1.42. The number of amides is 1. The first-order valence-electron chi connectivity index (χ1n) is 6.01. The van der Waals surface area contributed by atoms with Gasteiger partial charge in [0.05, 0.1) is 6.26 Å². The molecule has 0 saturated heterocycles. The van der Waals surface area contributed by atoms with Gasteiger partial charge in [0, 0.05) is 31.5 Å². The molecule has 0 aromatic carbocycles. The molecule has 4 nitrogen and oxygen atoms in total. The normalized spacial score (nSPS) is 11.5.